The van der Waals surface area contributed by atoms with Crippen molar-refractivity contribution in [1.82, 2.24) is 5.32 Å². The maximum Gasteiger partial charge on any atom is 0.227 e. The minimum atomic E-state index is -0.0396. The maximum absolute atomic E-state index is 11.0. The lowest BCUT2D eigenvalue weighted by atomic mass is 9.93. The summed E-state index contributed by atoms with van der Waals surface area (Å²) in [6.45, 7) is 0. The van der Waals surface area contributed by atoms with Crippen LogP contribution in [0.4, 0.5) is 0 Å². The molecule has 1 rings (SSSR count). The second-order valence-corrected chi connectivity index (χ2v) is 3.36. The van der Waals surface area contributed by atoms with Crippen LogP contribution in [0.2, 0.25) is 0 Å². The summed E-state index contributed by atoms with van der Waals surface area (Å²) < 4.78 is 0. The standard InChI is InChI=1S/C7H12N2OS/c8-6(11)4-7(10)9-5-2-1-3-5/h5H,1-4H2,(H2,8,11)(H,9,10). The first-order chi connectivity index (χ1) is 5.18. The molecule has 0 heterocycles. The van der Waals surface area contributed by atoms with E-state index in [2.05, 4.69) is 17.5 Å². The third-order valence-electron chi connectivity index (χ3n) is 1.81. The number of carbonyl (C=O) groups excluding carboxylic acids is 1. The summed E-state index contributed by atoms with van der Waals surface area (Å²) in [5.74, 6) is -0.0396. The molecular weight excluding hydrogens is 160 g/mol. The van der Waals surface area contributed by atoms with Crippen LogP contribution in [0, 0.1) is 0 Å². The number of thiocarbonyl (C=S) groups is 1. The summed E-state index contributed by atoms with van der Waals surface area (Å²) in [6.07, 6.45) is 3.61. The van der Waals surface area contributed by atoms with Gasteiger partial charge in [0.05, 0.1) is 11.4 Å². The highest BCUT2D eigenvalue weighted by Gasteiger charge is 2.19. The van der Waals surface area contributed by atoms with Crippen LogP contribution in [0.1, 0.15) is 25.7 Å². The van der Waals surface area contributed by atoms with E-state index in [0.29, 0.717) is 6.04 Å². The number of nitrogens with two attached hydrogens (primary N) is 1. The molecule has 4 heteroatoms. The summed E-state index contributed by atoms with van der Waals surface area (Å²) in [6, 6.07) is 0.386. The van der Waals surface area contributed by atoms with Crippen molar-refractivity contribution in [3.8, 4) is 0 Å². The van der Waals surface area contributed by atoms with Gasteiger partial charge in [0.2, 0.25) is 5.91 Å². The largest absolute Gasteiger partial charge is 0.393 e. The summed E-state index contributed by atoms with van der Waals surface area (Å²) in [5, 5.41) is 2.84. The van der Waals surface area contributed by atoms with Crippen LogP contribution < -0.4 is 11.1 Å². The third-order valence-corrected chi connectivity index (χ3v) is 1.95. The Morgan fingerprint density at radius 2 is 2.27 bits per heavy atom. The number of carbonyl (C=O) groups is 1. The Morgan fingerprint density at radius 1 is 1.64 bits per heavy atom. The molecule has 3 N–H and O–H groups in total. The van der Waals surface area contributed by atoms with E-state index in [1.165, 1.54) is 6.42 Å². The smallest absolute Gasteiger partial charge is 0.227 e. The topological polar surface area (TPSA) is 55.1 Å². The summed E-state index contributed by atoms with van der Waals surface area (Å²) in [5.41, 5.74) is 5.20. The predicted molar refractivity (Wildman–Crippen MR) is 47.2 cm³/mol. The molecule has 0 spiro atoms. The van der Waals surface area contributed by atoms with Crippen molar-refractivity contribution in [1.29, 1.82) is 0 Å². The van der Waals surface area contributed by atoms with Gasteiger partial charge in [-0.25, -0.2) is 0 Å². The molecular formula is C7H12N2OS. The lowest BCUT2D eigenvalue weighted by Gasteiger charge is -2.26. The molecule has 0 radical (unpaired) electrons. The molecule has 62 valence electrons. The van der Waals surface area contributed by atoms with Crippen molar-refractivity contribution in [2.45, 2.75) is 31.7 Å². The van der Waals surface area contributed by atoms with Gasteiger partial charge in [-0.05, 0) is 19.3 Å². The quantitative estimate of drug-likeness (QED) is 0.603. The van der Waals surface area contributed by atoms with Gasteiger partial charge in [-0.15, -0.1) is 0 Å². The highest BCUT2D eigenvalue weighted by molar-refractivity contribution is 7.80. The maximum atomic E-state index is 11.0. The molecule has 0 aromatic heterocycles. The molecule has 0 unspecified atom stereocenters. The molecule has 1 aliphatic carbocycles. The van der Waals surface area contributed by atoms with Crippen LogP contribution in [0.15, 0.2) is 0 Å². The molecule has 11 heavy (non-hydrogen) atoms. The highest BCUT2D eigenvalue weighted by atomic mass is 32.1. The molecule has 0 aromatic rings. The molecule has 1 saturated carbocycles. The molecule has 1 aliphatic rings. The first kappa shape index (κ1) is 8.46. The Morgan fingerprint density at radius 3 is 2.64 bits per heavy atom. The fourth-order valence-corrected chi connectivity index (χ4v) is 1.12. The zero-order valence-corrected chi connectivity index (χ0v) is 7.12. The summed E-state index contributed by atoms with van der Waals surface area (Å²) >= 11 is 4.60. The minimum absolute atomic E-state index is 0.0396. The summed E-state index contributed by atoms with van der Waals surface area (Å²) in [4.78, 5) is 11.2. The second-order valence-electron chi connectivity index (χ2n) is 2.84. The fraction of sp³-hybridized carbons (Fsp3) is 0.714. The monoisotopic (exact) mass is 172 g/mol. The molecule has 0 aliphatic heterocycles. The van der Waals surface area contributed by atoms with Crippen molar-refractivity contribution >= 4 is 23.1 Å². The predicted octanol–water partition coefficient (Wildman–Crippen LogP) is 0.331. The SMILES string of the molecule is NC(=S)CC(=O)NC1CCC1. The Hall–Kier alpha value is -0.640. The van der Waals surface area contributed by atoms with Crippen LogP contribution in [-0.2, 0) is 4.79 Å². The van der Waals surface area contributed by atoms with Gasteiger partial charge in [0.15, 0.2) is 0 Å². The Kier molecular flexibility index (Phi) is 2.82. The van der Waals surface area contributed by atoms with E-state index in [1.54, 1.807) is 0 Å². The van der Waals surface area contributed by atoms with E-state index in [1.807, 2.05) is 0 Å². The van der Waals surface area contributed by atoms with Crippen molar-refractivity contribution in [3.63, 3.8) is 0 Å². The van der Waals surface area contributed by atoms with Crippen LogP contribution in [-0.4, -0.2) is 16.9 Å². The molecule has 1 amide bonds. The summed E-state index contributed by atoms with van der Waals surface area (Å²) in [7, 11) is 0. The average molecular weight is 172 g/mol. The molecule has 3 nitrogen and oxygen atoms in total. The van der Waals surface area contributed by atoms with Gasteiger partial charge in [-0.1, -0.05) is 12.2 Å². The van der Waals surface area contributed by atoms with E-state index in [0.717, 1.165) is 12.8 Å². The molecule has 0 bridgehead atoms. The molecule has 0 atom stereocenters. The number of hydrogen-bond donors (Lipinski definition) is 2. The average Bonchev–Trinajstić information content (AvgIpc) is 1.77. The number of amides is 1. The highest BCUT2D eigenvalue weighted by Crippen LogP contribution is 2.17. The van der Waals surface area contributed by atoms with Gasteiger partial charge in [0.1, 0.15) is 0 Å². The first-order valence-corrected chi connectivity index (χ1v) is 4.17. The lowest BCUT2D eigenvalue weighted by molar-refractivity contribution is -0.121. The van der Waals surface area contributed by atoms with Gasteiger partial charge in [0, 0.05) is 6.04 Å². The Labute approximate surface area is 71.3 Å². The minimum Gasteiger partial charge on any atom is -0.393 e. The molecule has 1 fully saturated rings. The van der Waals surface area contributed by atoms with Crippen molar-refractivity contribution in [3.05, 3.63) is 0 Å². The zero-order chi connectivity index (χ0) is 8.27. The molecule has 0 aromatic carbocycles. The van der Waals surface area contributed by atoms with E-state index >= 15 is 0 Å². The van der Waals surface area contributed by atoms with Gasteiger partial charge < -0.3 is 11.1 Å². The lowest BCUT2D eigenvalue weighted by Crippen LogP contribution is -2.40. The number of hydrogen-bond acceptors (Lipinski definition) is 2. The van der Waals surface area contributed by atoms with Crippen LogP contribution in [0.3, 0.4) is 0 Å². The van der Waals surface area contributed by atoms with Crippen molar-refractivity contribution in [2.24, 2.45) is 5.73 Å². The normalized spacial score (nSPS) is 17.1. The Balaban J connectivity index is 2.14. The van der Waals surface area contributed by atoms with Crippen LogP contribution in [0.25, 0.3) is 0 Å². The van der Waals surface area contributed by atoms with Gasteiger partial charge in [-0.3, -0.25) is 4.79 Å². The van der Waals surface area contributed by atoms with Gasteiger partial charge in [-0.2, -0.15) is 0 Å². The zero-order valence-electron chi connectivity index (χ0n) is 6.30. The van der Waals surface area contributed by atoms with Crippen LogP contribution >= 0.6 is 12.2 Å². The van der Waals surface area contributed by atoms with E-state index in [-0.39, 0.29) is 17.3 Å². The van der Waals surface area contributed by atoms with Crippen molar-refractivity contribution in [2.75, 3.05) is 0 Å². The first-order valence-electron chi connectivity index (χ1n) is 3.76. The van der Waals surface area contributed by atoms with Gasteiger partial charge in [0.25, 0.3) is 0 Å². The van der Waals surface area contributed by atoms with Crippen molar-refractivity contribution < 1.29 is 4.79 Å². The number of nitrogens with one attached hydrogen (secondary N) is 1. The third kappa shape index (κ3) is 2.84. The van der Waals surface area contributed by atoms with E-state index in [4.69, 9.17) is 5.73 Å². The molecule has 0 saturated heterocycles. The fourth-order valence-electron chi connectivity index (χ4n) is 0.990. The number of rotatable bonds is 3. The Bertz CT molecular complexity index is 177. The second kappa shape index (κ2) is 3.67. The van der Waals surface area contributed by atoms with Crippen LogP contribution in [0.5, 0.6) is 0 Å². The van der Waals surface area contributed by atoms with E-state index in [9.17, 15) is 4.79 Å². The van der Waals surface area contributed by atoms with Gasteiger partial charge >= 0.3 is 0 Å². The van der Waals surface area contributed by atoms with E-state index < -0.39 is 0 Å².